The molecule has 2 aromatic rings. The van der Waals surface area contributed by atoms with Gasteiger partial charge in [-0.25, -0.2) is 4.98 Å². The molecule has 0 bridgehead atoms. The zero-order valence-electron chi connectivity index (χ0n) is 7.76. The van der Waals surface area contributed by atoms with Gasteiger partial charge in [0, 0.05) is 4.88 Å². The van der Waals surface area contributed by atoms with Crippen LogP contribution in [0.5, 0.6) is 0 Å². The van der Waals surface area contributed by atoms with Gasteiger partial charge in [0.2, 0.25) is 0 Å². The molecule has 0 amide bonds. The average molecular weight is 225 g/mol. The monoisotopic (exact) mass is 225 g/mol. The van der Waals surface area contributed by atoms with E-state index in [0.717, 1.165) is 4.88 Å². The van der Waals surface area contributed by atoms with Gasteiger partial charge in [0.1, 0.15) is 10.6 Å². The Hall–Kier alpha value is -1.89. The Morgan fingerprint density at radius 3 is 2.80 bits per heavy atom. The summed E-state index contributed by atoms with van der Waals surface area (Å²) >= 11 is 1.32. The second-order valence-electron chi connectivity index (χ2n) is 2.85. The van der Waals surface area contributed by atoms with E-state index in [0.29, 0.717) is 16.6 Å². The first-order chi connectivity index (χ1) is 7.08. The number of furan rings is 1. The Morgan fingerprint density at radius 2 is 2.33 bits per heavy atom. The molecule has 0 atom stereocenters. The van der Waals surface area contributed by atoms with Crippen molar-refractivity contribution in [2.24, 2.45) is 0 Å². The molecule has 0 saturated heterocycles. The maximum absolute atomic E-state index is 10.4. The van der Waals surface area contributed by atoms with E-state index in [1.54, 1.807) is 0 Å². The van der Waals surface area contributed by atoms with Crippen LogP contribution in [0, 0.1) is 17.0 Å². The average Bonchev–Trinajstić information content (AvgIpc) is 2.71. The molecule has 2 N–H and O–H groups in total. The summed E-state index contributed by atoms with van der Waals surface area (Å²) in [6.07, 6.45) is 0. The van der Waals surface area contributed by atoms with Gasteiger partial charge < -0.3 is 10.2 Å². The molecule has 7 heteroatoms. The minimum atomic E-state index is -0.589. The van der Waals surface area contributed by atoms with Crippen LogP contribution in [0.15, 0.2) is 16.5 Å². The lowest BCUT2D eigenvalue weighted by Crippen LogP contribution is -1.84. The van der Waals surface area contributed by atoms with Gasteiger partial charge in [-0.3, -0.25) is 10.1 Å². The number of nitrogens with zero attached hydrogens (tertiary/aromatic N) is 2. The van der Waals surface area contributed by atoms with Crippen LogP contribution >= 0.6 is 11.3 Å². The van der Waals surface area contributed by atoms with Crippen molar-refractivity contribution in [2.45, 2.75) is 6.92 Å². The van der Waals surface area contributed by atoms with Gasteiger partial charge >= 0.3 is 5.88 Å². The van der Waals surface area contributed by atoms with Crippen LogP contribution in [0.2, 0.25) is 0 Å². The Labute approximate surface area is 88.5 Å². The highest BCUT2D eigenvalue weighted by Gasteiger charge is 2.16. The van der Waals surface area contributed by atoms with Gasteiger partial charge in [0.15, 0.2) is 10.9 Å². The first kappa shape index (κ1) is 9.66. The van der Waals surface area contributed by atoms with Gasteiger partial charge in [-0.2, -0.15) is 0 Å². The molecule has 0 aliphatic rings. The molecule has 0 aliphatic carbocycles. The molecule has 0 spiro atoms. The van der Waals surface area contributed by atoms with Gasteiger partial charge in [0.25, 0.3) is 0 Å². The summed E-state index contributed by atoms with van der Waals surface area (Å²) in [5, 5.41) is 10.8. The zero-order valence-corrected chi connectivity index (χ0v) is 8.58. The first-order valence-electron chi connectivity index (χ1n) is 4.05. The van der Waals surface area contributed by atoms with Crippen LogP contribution in [0.1, 0.15) is 4.88 Å². The number of hydrogen-bond donors (Lipinski definition) is 1. The molecule has 2 aromatic heterocycles. The highest BCUT2D eigenvalue weighted by Crippen LogP contribution is 2.31. The van der Waals surface area contributed by atoms with Crippen molar-refractivity contribution in [1.82, 2.24) is 4.98 Å². The van der Waals surface area contributed by atoms with E-state index in [2.05, 4.69) is 4.98 Å². The molecule has 0 unspecified atom stereocenters. The van der Waals surface area contributed by atoms with Gasteiger partial charge in [0.05, 0.1) is 6.07 Å². The minimum Gasteiger partial charge on any atom is -0.399 e. The van der Waals surface area contributed by atoms with Gasteiger partial charge in [-0.1, -0.05) is 0 Å². The summed E-state index contributed by atoms with van der Waals surface area (Å²) in [6, 6.07) is 2.81. The standard InChI is InChI=1S/C8H7N3O3S/c1-4-7(10-8(9)15-4)5-2-3-6(14-5)11(12)13/h2-3H,1H3,(H2,9,10). The molecular formula is C8H7N3O3S. The molecular weight excluding hydrogens is 218 g/mol. The lowest BCUT2D eigenvalue weighted by atomic mass is 10.3. The number of aryl methyl sites for hydroxylation is 1. The smallest absolute Gasteiger partial charge is 0.399 e. The van der Waals surface area contributed by atoms with E-state index in [4.69, 9.17) is 10.2 Å². The number of thiazole rings is 1. The zero-order chi connectivity index (χ0) is 11.0. The van der Waals surface area contributed by atoms with E-state index >= 15 is 0 Å². The fraction of sp³-hybridized carbons (Fsp3) is 0.125. The Kier molecular flexibility index (Phi) is 2.16. The normalized spacial score (nSPS) is 10.5. The van der Waals surface area contributed by atoms with E-state index < -0.39 is 4.92 Å². The summed E-state index contributed by atoms with van der Waals surface area (Å²) in [5.74, 6) is 0.0723. The molecule has 6 nitrogen and oxygen atoms in total. The Bertz CT molecular complexity index is 517. The van der Waals surface area contributed by atoms with Crippen molar-refractivity contribution >= 4 is 22.4 Å². The summed E-state index contributed by atoms with van der Waals surface area (Å²) in [5.41, 5.74) is 6.08. The molecule has 2 rings (SSSR count). The van der Waals surface area contributed by atoms with E-state index in [1.165, 1.54) is 23.5 Å². The quantitative estimate of drug-likeness (QED) is 0.624. The molecule has 15 heavy (non-hydrogen) atoms. The van der Waals surface area contributed by atoms with Crippen molar-refractivity contribution in [3.05, 3.63) is 27.1 Å². The van der Waals surface area contributed by atoms with Crippen molar-refractivity contribution in [2.75, 3.05) is 5.73 Å². The van der Waals surface area contributed by atoms with E-state index in [-0.39, 0.29) is 5.88 Å². The summed E-state index contributed by atoms with van der Waals surface area (Å²) < 4.78 is 5.01. The number of aromatic nitrogens is 1. The Morgan fingerprint density at radius 1 is 1.60 bits per heavy atom. The summed E-state index contributed by atoms with van der Waals surface area (Å²) in [7, 11) is 0. The fourth-order valence-electron chi connectivity index (χ4n) is 1.20. The predicted octanol–water partition coefficient (Wildman–Crippen LogP) is 2.20. The van der Waals surface area contributed by atoms with Crippen molar-refractivity contribution in [3.63, 3.8) is 0 Å². The first-order valence-corrected chi connectivity index (χ1v) is 4.87. The summed E-state index contributed by atoms with van der Waals surface area (Å²) in [4.78, 5) is 14.7. The van der Waals surface area contributed by atoms with E-state index in [9.17, 15) is 10.1 Å². The van der Waals surface area contributed by atoms with Crippen LogP contribution in [0.4, 0.5) is 11.0 Å². The van der Waals surface area contributed by atoms with Crippen LogP contribution < -0.4 is 5.73 Å². The van der Waals surface area contributed by atoms with E-state index in [1.807, 2.05) is 6.92 Å². The topological polar surface area (TPSA) is 95.2 Å². The number of hydrogen-bond acceptors (Lipinski definition) is 6. The molecule has 2 heterocycles. The van der Waals surface area contributed by atoms with Crippen LogP contribution in [-0.2, 0) is 0 Å². The lowest BCUT2D eigenvalue weighted by molar-refractivity contribution is -0.401. The third-order valence-electron chi connectivity index (χ3n) is 1.82. The highest BCUT2D eigenvalue weighted by molar-refractivity contribution is 7.15. The second-order valence-corrected chi connectivity index (χ2v) is 4.09. The van der Waals surface area contributed by atoms with Crippen molar-refractivity contribution < 1.29 is 9.34 Å². The third-order valence-corrected chi connectivity index (χ3v) is 2.62. The molecule has 0 radical (unpaired) electrons. The maximum Gasteiger partial charge on any atom is 0.433 e. The van der Waals surface area contributed by atoms with Crippen molar-refractivity contribution in [1.29, 1.82) is 0 Å². The number of nitro groups is 1. The molecule has 0 aliphatic heterocycles. The highest BCUT2D eigenvalue weighted by atomic mass is 32.1. The molecule has 78 valence electrons. The molecule has 0 fully saturated rings. The minimum absolute atomic E-state index is 0.295. The third kappa shape index (κ3) is 1.68. The van der Waals surface area contributed by atoms with Crippen LogP contribution in [0.25, 0.3) is 11.5 Å². The van der Waals surface area contributed by atoms with Crippen LogP contribution in [0.3, 0.4) is 0 Å². The number of anilines is 1. The SMILES string of the molecule is Cc1sc(N)nc1-c1ccc([N+](=O)[O-])o1. The maximum atomic E-state index is 10.4. The second kappa shape index (κ2) is 3.35. The fourth-order valence-corrected chi connectivity index (χ4v) is 1.89. The lowest BCUT2D eigenvalue weighted by Gasteiger charge is -1.89. The number of nitrogens with two attached hydrogens (primary N) is 1. The van der Waals surface area contributed by atoms with Gasteiger partial charge in [-0.05, 0) is 13.0 Å². The van der Waals surface area contributed by atoms with Crippen molar-refractivity contribution in [3.8, 4) is 11.5 Å². The largest absolute Gasteiger partial charge is 0.433 e. The van der Waals surface area contributed by atoms with Gasteiger partial charge in [-0.15, -0.1) is 11.3 Å². The summed E-state index contributed by atoms with van der Waals surface area (Å²) in [6.45, 7) is 1.83. The predicted molar refractivity (Wildman–Crippen MR) is 55.6 cm³/mol. The molecule has 0 aromatic carbocycles. The Balaban J connectivity index is 2.45. The number of rotatable bonds is 2. The van der Waals surface area contributed by atoms with Crippen LogP contribution in [-0.4, -0.2) is 9.91 Å². The molecule has 0 saturated carbocycles. The number of nitrogen functional groups attached to an aromatic ring is 1.